The summed E-state index contributed by atoms with van der Waals surface area (Å²) in [4.78, 5) is 15.4. The molecule has 0 aliphatic carbocycles. The summed E-state index contributed by atoms with van der Waals surface area (Å²) in [6.45, 7) is 1.97. The summed E-state index contributed by atoms with van der Waals surface area (Å²) in [6, 6.07) is 15.7. The first-order valence-corrected chi connectivity index (χ1v) is 8.11. The lowest BCUT2D eigenvalue weighted by Gasteiger charge is -2.14. The summed E-state index contributed by atoms with van der Waals surface area (Å²) < 4.78 is 0. The summed E-state index contributed by atoms with van der Waals surface area (Å²) in [7, 11) is 0. The van der Waals surface area contributed by atoms with Gasteiger partial charge in [-0.05, 0) is 42.7 Å². The quantitative estimate of drug-likeness (QED) is 0.705. The maximum atomic E-state index is 12.2. The number of benzene rings is 2. The van der Waals surface area contributed by atoms with Gasteiger partial charge in [-0.25, -0.2) is 0 Å². The molecule has 23 heavy (non-hydrogen) atoms. The van der Waals surface area contributed by atoms with Crippen LogP contribution < -0.4 is 5.32 Å². The number of hydrogen-bond acceptors (Lipinski definition) is 1. The minimum Gasteiger partial charge on any atom is -0.361 e. The molecule has 3 aromatic rings. The second-order valence-electron chi connectivity index (χ2n) is 5.70. The van der Waals surface area contributed by atoms with E-state index in [1.165, 1.54) is 10.9 Å². The first kappa shape index (κ1) is 15.6. The Morgan fingerprint density at radius 1 is 1.22 bits per heavy atom. The SMILES string of the molecule is C[C@H](NC(=O)CCc1c[nH]c2ccccc12)c1cccc(Cl)c1. The molecule has 0 saturated heterocycles. The molecule has 4 heteroatoms. The highest BCUT2D eigenvalue weighted by Crippen LogP contribution is 2.20. The third-order valence-electron chi connectivity index (χ3n) is 4.02. The molecular formula is C19H19ClN2O. The van der Waals surface area contributed by atoms with Crippen LogP contribution in [0.25, 0.3) is 10.9 Å². The van der Waals surface area contributed by atoms with Gasteiger partial charge >= 0.3 is 0 Å². The first-order chi connectivity index (χ1) is 11.1. The van der Waals surface area contributed by atoms with Crippen molar-refractivity contribution in [2.45, 2.75) is 25.8 Å². The van der Waals surface area contributed by atoms with Crippen LogP contribution in [0.2, 0.25) is 5.02 Å². The van der Waals surface area contributed by atoms with Gasteiger partial charge in [-0.3, -0.25) is 4.79 Å². The standard InChI is InChI=1S/C19H19ClN2O/c1-13(14-5-4-6-16(20)11-14)22-19(23)10-9-15-12-21-18-8-3-2-7-17(15)18/h2-8,11-13,21H,9-10H2,1H3,(H,22,23)/t13-/m0/s1. The molecule has 1 aromatic heterocycles. The molecule has 3 rings (SSSR count). The monoisotopic (exact) mass is 326 g/mol. The number of carbonyl (C=O) groups is 1. The second kappa shape index (κ2) is 6.88. The van der Waals surface area contributed by atoms with Crippen LogP contribution in [0.5, 0.6) is 0 Å². The van der Waals surface area contributed by atoms with Gasteiger partial charge in [0.1, 0.15) is 0 Å². The fraction of sp³-hybridized carbons (Fsp3) is 0.211. The van der Waals surface area contributed by atoms with Crippen molar-refractivity contribution in [3.05, 3.63) is 70.9 Å². The third-order valence-corrected chi connectivity index (χ3v) is 4.26. The highest BCUT2D eigenvalue weighted by molar-refractivity contribution is 6.30. The third kappa shape index (κ3) is 3.74. The van der Waals surface area contributed by atoms with Crippen LogP contribution >= 0.6 is 11.6 Å². The van der Waals surface area contributed by atoms with Crippen LogP contribution in [0.15, 0.2) is 54.7 Å². The maximum Gasteiger partial charge on any atom is 0.220 e. The Labute approximate surface area is 140 Å². The average Bonchev–Trinajstić information content (AvgIpc) is 2.96. The van der Waals surface area contributed by atoms with Gasteiger partial charge in [0.25, 0.3) is 0 Å². The number of fused-ring (bicyclic) bond motifs is 1. The Morgan fingerprint density at radius 3 is 2.87 bits per heavy atom. The fourth-order valence-corrected chi connectivity index (χ4v) is 2.96. The van der Waals surface area contributed by atoms with E-state index in [2.05, 4.69) is 16.4 Å². The molecule has 118 valence electrons. The number of aromatic nitrogens is 1. The molecule has 0 fully saturated rings. The van der Waals surface area contributed by atoms with Gasteiger partial charge < -0.3 is 10.3 Å². The van der Waals surface area contributed by atoms with E-state index in [4.69, 9.17) is 11.6 Å². The summed E-state index contributed by atoms with van der Waals surface area (Å²) in [5, 5.41) is 4.89. The van der Waals surface area contributed by atoms with Crippen LogP contribution in [0, 0.1) is 0 Å². The molecule has 1 amide bonds. The number of rotatable bonds is 5. The molecule has 0 unspecified atom stereocenters. The molecule has 0 aliphatic heterocycles. The van der Waals surface area contributed by atoms with Gasteiger partial charge in [0.15, 0.2) is 0 Å². The second-order valence-corrected chi connectivity index (χ2v) is 6.14. The molecule has 2 N–H and O–H groups in total. The number of aromatic amines is 1. The van der Waals surface area contributed by atoms with Crippen molar-refractivity contribution in [3.8, 4) is 0 Å². The number of hydrogen-bond donors (Lipinski definition) is 2. The Bertz CT molecular complexity index is 825. The summed E-state index contributed by atoms with van der Waals surface area (Å²) in [5.74, 6) is 0.0442. The van der Waals surface area contributed by atoms with E-state index in [1.807, 2.05) is 55.6 Å². The molecule has 0 radical (unpaired) electrons. The highest BCUT2D eigenvalue weighted by atomic mass is 35.5. The van der Waals surface area contributed by atoms with Crippen molar-refractivity contribution in [3.63, 3.8) is 0 Å². The molecular weight excluding hydrogens is 308 g/mol. The van der Waals surface area contributed by atoms with Gasteiger partial charge in [0.05, 0.1) is 6.04 Å². The molecule has 0 saturated carbocycles. The Hall–Kier alpha value is -2.26. The van der Waals surface area contributed by atoms with Gasteiger partial charge in [-0.15, -0.1) is 0 Å². The Kier molecular flexibility index (Phi) is 4.68. The van der Waals surface area contributed by atoms with Crippen molar-refractivity contribution in [2.24, 2.45) is 0 Å². The van der Waals surface area contributed by atoms with Crippen LogP contribution in [-0.4, -0.2) is 10.9 Å². The topological polar surface area (TPSA) is 44.9 Å². The van der Waals surface area contributed by atoms with Gasteiger partial charge in [0, 0.05) is 28.5 Å². The predicted molar refractivity (Wildman–Crippen MR) is 94.6 cm³/mol. The van der Waals surface area contributed by atoms with E-state index >= 15 is 0 Å². The van der Waals surface area contributed by atoms with Crippen molar-refractivity contribution < 1.29 is 4.79 Å². The van der Waals surface area contributed by atoms with Crippen molar-refractivity contribution in [2.75, 3.05) is 0 Å². The zero-order chi connectivity index (χ0) is 16.2. The first-order valence-electron chi connectivity index (χ1n) is 7.73. The van der Waals surface area contributed by atoms with E-state index < -0.39 is 0 Å². The number of carbonyl (C=O) groups excluding carboxylic acids is 1. The number of aryl methyl sites for hydroxylation is 1. The Balaban J connectivity index is 1.59. The molecule has 3 nitrogen and oxygen atoms in total. The zero-order valence-electron chi connectivity index (χ0n) is 13.0. The van der Waals surface area contributed by atoms with Crippen LogP contribution in [-0.2, 0) is 11.2 Å². The van der Waals surface area contributed by atoms with E-state index in [0.29, 0.717) is 11.4 Å². The van der Waals surface area contributed by atoms with Crippen LogP contribution in [0.4, 0.5) is 0 Å². The molecule has 2 aromatic carbocycles. The largest absolute Gasteiger partial charge is 0.361 e. The van der Waals surface area contributed by atoms with E-state index in [1.54, 1.807) is 0 Å². The number of para-hydroxylation sites is 1. The van der Waals surface area contributed by atoms with E-state index in [9.17, 15) is 4.79 Å². The maximum absolute atomic E-state index is 12.2. The highest BCUT2D eigenvalue weighted by Gasteiger charge is 2.11. The minimum atomic E-state index is -0.0517. The van der Waals surface area contributed by atoms with Crippen molar-refractivity contribution in [1.29, 1.82) is 0 Å². The van der Waals surface area contributed by atoms with E-state index in [-0.39, 0.29) is 11.9 Å². The Morgan fingerprint density at radius 2 is 2.04 bits per heavy atom. The molecule has 1 atom stereocenters. The molecule has 0 spiro atoms. The zero-order valence-corrected chi connectivity index (χ0v) is 13.7. The molecule has 0 aliphatic rings. The fourth-order valence-electron chi connectivity index (χ4n) is 2.76. The van der Waals surface area contributed by atoms with Crippen molar-refractivity contribution >= 4 is 28.4 Å². The number of nitrogens with one attached hydrogen (secondary N) is 2. The van der Waals surface area contributed by atoms with Crippen LogP contribution in [0.1, 0.15) is 30.5 Å². The predicted octanol–water partition coefficient (Wildman–Crippen LogP) is 4.63. The van der Waals surface area contributed by atoms with Gasteiger partial charge in [-0.1, -0.05) is 41.9 Å². The molecule has 1 heterocycles. The summed E-state index contributed by atoms with van der Waals surface area (Å²) in [5.41, 5.74) is 3.29. The average molecular weight is 327 g/mol. The normalized spacial score (nSPS) is 12.3. The smallest absolute Gasteiger partial charge is 0.220 e. The van der Waals surface area contributed by atoms with Crippen molar-refractivity contribution in [1.82, 2.24) is 10.3 Å². The van der Waals surface area contributed by atoms with Crippen LogP contribution in [0.3, 0.4) is 0 Å². The number of halogens is 1. The number of H-pyrrole nitrogens is 1. The van der Waals surface area contributed by atoms with Gasteiger partial charge in [0.2, 0.25) is 5.91 Å². The summed E-state index contributed by atoms with van der Waals surface area (Å²) >= 11 is 5.99. The lowest BCUT2D eigenvalue weighted by atomic mass is 10.1. The lowest BCUT2D eigenvalue weighted by molar-refractivity contribution is -0.121. The minimum absolute atomic E-state index is 0.0442. The molecule has 0 bridgehead atoms. The lowest BCUT2D eigenvalue weighted by Crippen LogP contribution is -2.26. The van der Waals surface area contributed by atoms with E-state index in [0.717, 1.165) is 17.5 Å². The van der Waals surface area contributed by atoms with Gasteiger partial charge in [-0.2, -0.15) is 0 Å². The number of amides is 1. The summed E-state index contributed by atoms with van der Waals surface area (Å²) in [6.07, 6.45) is 3.17.